The molecule has 0 fully saturated rings. The molecule has 4 heteroatoms. The van der Waals surface area contributed by atoms with Gasteiger partial charge in [-0.2, -0.15) is 5.10 Å². The third kappa shape index (κ3) is 1.61. The second-order valence-corrected chi connectivity index (χ2v) is 5.37. The molecular weight excluding hydrogens is 198 g/mol. The molecule has 0 aromatic carbocycles. The van der Waals surface area contributed by atoms with Gasteiger partial charge in [-0.25, -0.2) is 4.68 Å². The molecule has 0 aliphatic carbocycles. The quantitative estimate of drug-likeness (QED) is 0.718. The molecule has 1 atom stereocenters. The lowest BCUT2D eigenvalue weighted by atomic mass is 9.80. The van der Waals surface area contributed by atoms with E-state index < -0.39 is 0 Å². The molecule has 0 amide bonds. The number of hydrogen-bond donors (Lipinski definition) is 1. The SMILES string of the molecule is CC(C)(C)C1CNc2c(Cl)cnn2C1. The Labute approximate surface area is 89.4 Å². The summed E-state index contributed by atoms with van der Waals surface area (Å²) < 4.78 is 1.96. The molecule has 0 saturated heterocycles. The predicted molar refractivity (Wildman–Crippen MR) is 58.7 cm³/mol. The van der Waals surface area contributed by atoms with E-state index in [0.717, 1.165) is 23.9 Å². The van der Waals surface area contributed by atoms with Gasteiger partial charge in [-0.05, 0) is 5.41 Å². The molecule has 1 aliphatic rings. The van der Waals surface area contributed by atoms with Crippen molar-refractivity contribution in [2.45, 2.75) is 27.3 Å². The van der Waals surface area contributed by atoms with E-state index in [1.54, 1.807) is 6.20 Å². The summed E-state index contributed by atoms with van der Waals surface area (Å²) in [6.45, 7) is 8.72. The maximum absolute atomic E-state index is 5.97. The highest BCUT2D eigenvalue weighted by Gasteiger charge is 2.29. The summed E-state index contributed by atoms with van der Waals surface area (Å²) in [5, 5.41) is 8.30. The smallest absolute Gasteiger partial charge is 0.143 e. The normalized spacial score (nSPS) is 21.6. The Morgan fingerprint density at radius 3 is 2.93 bits per heavy atom. The number of aromatic nitrogens is 2. The minimum Gasteiger partial charge on any atom is -0.369 e. The molecule has 2 heterocycles. The Morgan fingerprint density at radius 2 is 2.29 bits per heavy atom. The highest BCUT2D eigenvalue weighted by atomic mass is 35.5. The van der Waals surface area contributed by atoms with Crippen molar-refractivity contribution in [2.75, 3.05) is 11.9 Å². The number of halogens is 1. The van der Waals surface area contributed by atoms with Crippen LogP contribution in [0.4, 0.5) is 5.82 Å². The zero-order chi connectivity index (χ0) is 10.3. The van der Waals surface area contributed by atoms with Gasteiger partial charge in [0, 0.05) is 19.0 Å². The fraction of sp³-hybridized carbons (Fsp3) is 0.700. The number of nitrogens with one attached hydrogen (secondary N) is 1. The monoisotopic (exact) mass is 213 g/mol. The molecule has 0 spiro atoms. The molecular formula is C10H16ClN3. The van der Waals surface area contributed by atoms with Crippen LogP contribution in [0, 0.1) is 11.3 Å². The first kappa shape index (κ1) is 9.84. The van der Waals surface area contributed by atoms with E-state index >= 15 is 0 Å². The molecule has 0 radical (unpaired) electrons. The summed E-state index contributed by atoms with van der Waals surface area (Å²) in [6.07, 6.45) is 1.70. The highest BCUT2D eigenvalue weighted by Crippen LogP contribution is 2.33. The Balaban J connectivity index is 2.22. The van der Waals surface area contributed by atoms with Crippen molar-refractivity contribution in [3.63, 3.8) is 0 Å². The van der Waals surface area contributed by atoms with Crippen molar-refractivity contribution < 1.29 is 0 Å². The third-order valence-electron chi connectivity index (χ3n) is 2.93. The summed E-state index contributed by atoms with van der Waals surface area (Å²) in [6, 6.07) is 0. The molecule has 2 rings (SSSR count). The molecule has 1 N–H and O–H groups in total. The molecule has 1 aromatic heterocycles. The average molecular weight is 214 g/mol. The van der Waals surface area contributed by atoms with Crippen LogP contribution in [0.5, 0.6) is 0 Å². The molecule has 0 saturated carbocycles. The van der Waals surface area contributed by atoms with E-state index in [-0.39, 0.29) is 0 Å². The first-order valence-electron chi connectivity index (χ1n) is 4.93. The number of hydrogen-bond acceptors (Lipinski definition) is 2. The highest BCUT2D eigenvalue weighted by molar-refractivity contribution is 6.32. The molecule has 1 aromatic rings. The van der Waals surface area contributed by atoms with Gasteiger partial charge in [0.2, 0.25) is 0 Å². The van der Waals surface area contributed by atoms with Crippen LogP contribution in [0.15, 0.2) is 6.20 Å². The molecule has 14 heavy (non-hydrogen) atoms. The Kier molecular flexibility index (Phi) is 2.22. The van der Waals surface area contributed by atoms with Gasteiger partial charge in [-0.3, -0.25) is 0 Å². The maximum atomic E-state index is 5.97. The summed E-state index contributed by atoms with van der Waals surface area (Å²) in [5.74, 6) is 1.57. The Hall–Kier alpha value is -0.700. The van der Waals surface area contributed by atoms with Crippen LogP contribution in [-0.2, 0) is 6.54 Å². The van der Waals surface area contributed by atoms with Crippen LogP contribution in [0.1, 0.15) is 20.8 Å². The Bertz CT molecular complexity index is 338. The van der Waals surface area contributed by atoms with Gasteiger partial charge in [-0.1, -0.05) is 32.4 Å². The lowest BCUT2D eigenvalue weighted by Crippen LogP contribution is -2.36. The van der Waals surface area contributed by atoms with Crippen molar-refractivity contribution in [3.05, 3.63) is 11.2 Å². The van der Waals surface area contributed by atoms with Gasteiger partial charge in [0.15, 0.2) is 0 Å². The molecule has 3 nitrogen and oxygen atoms in total. The van der Waals surface area contributed by atoms with Crippen LogP contribution in [0.2, 0.25) is 5.02 Å². The fourth-order valence-electron chi connectivity index (χ4n) is 1.75. The molecule has 78 valence electrons. The van der Waals surface area contributed by atoms with Crippen molar-refractivity contribution in [3.8, 4) is 0 Å². The molecule has 0 bridgehead atoms. The van der Waals surface area contributed by atoms with Crippen molar-refractivity contribution >= 4 is 17.4 Å². The zero-order valence-corrected chi connectivity index (χ0v) is 9.60. The van der Waals surface area contributed by atoms with E-state index in [4.69, 9.17) is 11.6 Å². The fourth-order valence-corrected chi connectivity index (χ4v) is 1.96. The van der Waals surface area contributed by atoms with Gasteiger partial charge in [0.25, 0.3) is 0 Å². The van der Waals surface area contributed by atoms with E-state index in [1.165, 1.54) is 0 Å². The van der Waals surface area contributed by atoms with E-state index in [1.807, 2.05) is 4.68 Å². The topological polar surface area (TPSA) is 29.9 Å². The summed E-state index contributed by atoms with van der Waals surface area (Å²) >= 11 is 5.97. The van der Waals surface area contributed by atoms with Gasteiger partial charge in [0.1, 0.15) is 10.8 Å². The predicted octanol–water partition coefficient (Wildman–Crippen LogP) is 2.62. The van der Waals surface area contributed by atoms with Gasteiger partial charge in [-0.15, -0.1) is 0 Å². The van der Waals surface area contributed by atoms with E-state index in [0.29, 0.717) is 11.3 Å². The minimum absolute atomic E-state index is 0.309. The van der Waals surface area contributed by atoms with Crippen LogP contribution in [0.3, 0.4) is 0 Å². The maximum Gasteiger partial charge on any atom is 0.143 e. The summed E-state index contributed by atoms with van der Waals surface area (Å²) in [4.78, 5) is 0. The van der Waals surface area contributed by atoms with Crippen molar-refractivity contribution in [1.82, 2.24) is 9.78 Å². The molecule has 1 unspecified atom stereocenters. The van der Waals surface area contributed by atoms with Crippen molar-refractivity contribution in [2.24, 2.45) is 11.3 Å². The standard InChI is InChI=1S/C10H16ClN3/c1-10(2,3)7-4-12-9-8(11)5-13-14(9)6-7/h5,7,12H,4,6H2,1-3H3. The first-order valence-corrected chi connectivity index (χ1v) is 5.31. The number of fused-ring (bicyclic) bond motifs is 1. The van der Waals surface area contributed by atoms with Gasteiger partial charge < -0.3 is 5.32 Å². The van der Waals surface area contributed by atoms with Crippen LogP contribution < -0.4 is 5.32 Å². The minimum atomic E-state index is 0.309. The van der Waals surface area contributed by atoms with E-state index in [9.17, 15) is 0 Å². The lowest BCUT2D eigenvalue weighted by molar-refractivity contribution is 0.209. The van der Waals surface area contributed by atoms with Crippen LogP contribution in [-0.4, -0.2) is 16.3 Å². The third-order valence-corrected chi connectivity index (χ3v) is 3.21. The van der Waals surface area contributed by atoms with Gasteiger partial charge >= 0.3 is 0 Å². The van der Waals surface area contributed by atoms with Gasteiger partial charge in [0.05, 0.1) is 6.20 Å². The lowest BCUT2D eigenvalue weighted by Gasteiger charge is -2.34. The summed E-state index contributed by atoms with van der Waals surface area (Å²) in [5.41, 5.74) is 0.309. The number of rotatable bonds is 0. The Morgan fingerprint density at radius 1 is 1.57 bits per heavy atom. The summed E-state index contributed by atoms with van der Waals surface area (Å²) in [7, 11) is 0. The van der Waals surface area contributed by atoms with Crippen LogP contribution in [0.25, 0.3) is 0 Å². The van der Waals surface area contributed by atoms with Crippen LogP contribution >= 0.6 is 11.6 Å². The largest absolute Gasteiger partial charge is 0.369 e. The number of anilines is 1. The van der Waals surface area contributed by atoms with Crippen molar-refractivity contribution in [1.29, 1.82) is 0 Å². The first-order chi connectivity index (χ1) is 6.48. The second-order valence-electron chi connectivity index (χ2n) is 4.97. The zero-order valence-electron chi connectivity index (χ0n) is 8.84. The molecule has 1 aliphatic heterocycles. The van der Waals surface area contributed by atoms with E-state index in [2.05, 4.69) is 31.2 Å². The average Bonchev–Trinajstić information content (AvgIpc) is 2.46. The number of nitrogens with zero attached hydrogens (tertiary/aromatic N) is 2. The second kappa shape index (κ2) is 3.16.